The summed E-state index contributed by atoms with van der Waals surface area (Å²) in [4.78, 5) is 2.20. The Balaban J connectivity index is 2.63. The number of nitrogens with two attached hydrogens (primary N) is 1. The molecule has 15 heavy (non-hydrogen) atoms. The van der Waals surface area contributed by atoms with E-state index >= 15 is 0 Å². The number of benzene rings is 1. The Kier molecular flexibility index (Phi) is 4.89. The highest BCUT2D eigenvalue weighted by Crippen LogP contribution is 2.06. The molecule has 1 unspecified atom stereocenters. The molecule has 0 spiro atoms. The molecule has 1 aromatic carbocycles. The van der Waals surface area contributed by atoms with Gasteiger partial charge < -0.3 is 5.73 Å². The number of hydrogen-bond donors (Lipinski definition) is 1. The molecule has 1 aromatic rings. The maximum atomic E-state index is 5.57. The molecule has 0 saturated carbocycles. The zero-order chi connectivity index (χ0) is 11.1. The van der Waals surface area contributed by atoms with Crippen LogP contribution in [0.1, 0.15) is 12.5 Å². The molecule has 0 aliphatic rings. The first-order valence-corrected chi connectivity index (χ1v) is 5.22. The lowest BCUT2D eigenvalue weighted by molar-refractivity contribution is 0.245. The summed E-state index contributed by atoms with van der Waals surface area (Å²) in [6, 6.07) is 10.4. The fourth-order valence-electron chi connectivity index (χ4n) is 1.50. The number of hydrogen-bond acceptors (Lipinski definition) is 2. The summed E-state index contributed by atoms with van der Waals surface area (Å²) in [5, 5.41) is 0. The van der Waals surface area contributed by atoms with Crippen LogP contribution in [0.15, 0.2) is 30.3 Å². The van der Waals surface area contributed by atoms with Crippen molar-refractivity contribution in [2.45, 2.75) is 19.5 Å². The average molecular weight is 202 g/mol. The Morgan fingerprint density at radius 2 is 2.07 bits per heavy atom. The minimum atomic E-state index is 0.133. The second-order valence-electron chi connectivity index (χ2n) is 3.59. The third kappa shape index (κ3) is 3.75. The van der Waals surface area contributed by atoms with Gasteiger partial charge in [0.1, 0.15) is 0 Å². The second-order valence-corrected chi connectivity index (χ2v) is 3.59. The molecule has 0 aliphatic heterocycles. The largest absolute Gasteiger partial charge is 0.329 e. The zero-order valence-corrected chi connectivity index (χ0v) is 9.19. The van der Waals surface area contributed by atoms with E-state index in [2.05, 4.69) is 23.0 Å². The van der Waals surface area contributed by atoms with E-state index in [0.29, 0.717) is 6.54 Å². The lowest BCUT2D eigenvalue weighted by Gasteiger charge is -2.24. The van der Waals surface area contributed by atoms with Gasteiger partial charge in [-0.2, -0.15) is 0 Å². The van der Waals surface area contributed by atoms with E-state index < -0.39 is 0 Å². The van der Waals surface area contributed by atoms with Gasteiger partial charge in [0, 0.05) is 19.6 Å². The Morgan fingerprint density at radius 3 is 2.60 bits per heavy atom. The molecule has 80 valence electrons. The Bertz CT molecular complexity index is 313. The average Bonchev–Trinajstić information content (AvgIpc) is 2.29. The second kappa shape index (κ2) is 6.23. The van der Waals surface area contributed by atoms with Crippen LogP contribution in [0.5, 0.6) is 0 Å². The summed E-state index contributed by atoms with van der Waals surface area (Å²) in [5.74, 6) is 2.74. The van der Waals surface area contributed by atoms with Crippen molar-refractivity contribution < 1.29 is 0 Å². The summed E-state index contributed by atoms with van der Waals surface area (Å²) in [5.41, 5.74) is 6.84. The van der Waals surface area contributed by atoms with E-state index in [1.54, 1.807) is 0 Å². The number of rotatable bonds is 5. The fraction of sp³-hybridized carbons (Fsp3) is 0.385. The molecule has 0 amide bonds. The summed E-state index contributed by atoms with van der Waals surface area (Å²) >= 11 is 0. The first kappa shape index (κ1) is 11.8. The molecule has 0 radical (unpaired) electrons. The maximum absolute atomic E-state index is 5.57. The van der Waals surface area contributed by atoms with Gasteiger partial charge in [-0.25, -0.2) is 0 Å². The Hall–Kier alpha value is -1.30. The molecule has 1 atom stereocenters. The first-order chi connectivity index (χ1) is 7.27. The highest BCUT2D eigenvalue weighted by atomic mass is 15.1. The van der Waals surface area contributed by atoms with Crippen molar-refractivity contribution in [2.24, 2.45) is 5.73 Å². The van der Waals surface area contributed by atoms with Crippen LogP contribution in [0, 0.1) is 12.3 Å². The fourth-order valence-corrected chi connectivity index (χ4v) is 1.50. The van der Waals surface area contributed by atoms with Gasteiger partial charge in [-0.3, -0.25) is 4.90 Å². The predicted molar refractivity (Wildman–Crippen MR) is 64.2 cm³/mol. The monoisotopic (exact) mass is 202 g/mol. The third-order valence-electron chi connectivity index (χ3n) is 2.43. The number of nitrogens with zero attached hydrogens (tertiary/aromatic N) is 1. The molecule has 1 rings (SSSR count). The Labute approximate surface area is 92.1 Å². The molecule has 0 bridgehead atoms. The van der Waals surface area contributed by atoms with Gasteiger partial charge >= 0.3 is 0 Å². The third-order valence-corrected chi connectivity index (χ3v) is 2.43. The van der Waals surface area contributed by atoms with Crippen molar-refractivity contribution in [3.63, 3.8) is 0 Å². The molecular formula is C13H18N2. The molecular weight excluding hydrogens is 184 g/mol. The topological polar surface area (TPSA) is 29.3 Å². The van der Waals surface area contributed by atoms with Crippen molar-refractivity contribution in [1.82, 2.24) is 4.90 Å². The van der Waals surface area contributed by atoms with Crippen LogP contribution in [-0.2, 0) is 6.54 Å². The molecule has 2 nitrogen and oxygen atoms in total. The summed E-state index contributed by atoms with van der Waals surface area (Å²) in [6.07, 6.45) is 5.42. The van der Waals surface area contributed by atoms with E-state index in [1.807, 2.05) is 25.1 Å². The molecule has 0 fully saturated rings. The molecule has 2 N–H and O–H groups in total. The minimum absolute atomic E-state index is 0.133. The van der Waals surface area contributed by atoms with Crippen molar-refractivity contribution in [2.75, 3.05) is 13.1 Å². The van der Waals surface area contributed by atoms with Crippen LogP contribution in [0.4, 0.5) is 0 Å². The minimum Gasteiger partial charge on any atom is -0.329 e. The molecule has 0 heterocycles. The molecule has 2 heteroatoms. The molecule has 0 saturated heterocycles. The van der Waals surface area contributed by atoms with Gasteiger partial charge in [0.25, 0.3) is 0 Å². The van der Waals surface area contributed by atoms with E-state index in [1.165, 1.54) is 5.56 Å². The van der Waals surface area contributed by atoms with Crippen molar-refractivity contribution in [3.8, 4) is 12.3 Å². The summed E-state index contributed by atoms with van der Waals surface area (Å²) in [6.45, 7) is 4.36. The van der Waals surface area contributed by atoms with Gasteiger partial charge in [-0.05, 0) is 12.5 Å². The van der Waals surface area contributed by atoms with E-state index in [-0.39, 0.29) is 6.04 Å². The number of terminal acetylenes is 1. The molecule has 0 aliphatic carbocycles. The highest BCUT2D eigenvalue weighted by molar-refractivity contribution is 5.15. The zero-order valence-electron chi connectivity index (χ0n) is 9.19. The van der Waals surface area contributed by atoms with Crippen LogP contribution in [-0.4, -0.2) is 24.0 Å². The normalized spacial score (nSPS) is 12.4. The van der Waals surface area contributed by atoms with Crippen LogP contribution in [0.2, 0.25) is 0 Å². The van der Waals surface area contributed by atoms with Gasteiger partial charge in [0.2, 0.25) is 0 Å². The maximum Gasteiger partial charge on any atom is 0.0686 e. The van der Waals surface area contributed by atoms with Crippen molar-refractivity contribution in [1.29, 1.82) is 0 Å². The van der Waals surface area contributed by atoms with Crippen molar-refractivity contribution >= 4 is 0 Å². The lowest BCUT2D eigenvalue weighted by Crippen LogP contribution is -2.35. The lowest BCUT2D eigenvalue weighted by atomic mass is 10.2. The van der Waals surface area contributed by atoms with E-state index in [0.717, 1.165) is 13.1 Å². The molecule has 0 aromatic heterocycles. The van der Waals surface area contributed by atoms with Gasteiger partial charge in [-0.15, -0.1) is 6.42 Å². The van der Waals surface area contributed by atoms with Crippen LogP contribution < -0.4 is 5.73 Å². The van der Waals surface area contributed by atoms with E-state index in [9.17, 15) is 0 Å². The standard InChI is InChI=1S/C13H18N2/c1-3-12(2)15(10-9-14)11-13-7-5-4-6-8-13/h1,4-8,12H,9-11,14H2,2H3. The first-order valence-electron chi connectivity index (χ1n) is 5.22. The quantitative estimate of drug-likeness (QED) is 0.733. The summed E-state index contributed by atoms with van der Waals surface area (Å²) < 4.78 is 0. The summed E-state index contributed by atoms with van der Waals surface area (Å²) in [7, 11) is 0. The van der Waals surface area contributed by atoms with Crippen molar-refractivity contribution in [3.05, 3.63) is 35.9 Å². The van der Waals surface area contributed by atoms with Crippen LogP contribution >= 0.6 is 0 Å². The SMILES string of the molecule is C#CC(C)N(CCN)Cc1ccccc1. The van der Waals surface area contributed by atoms with Gasteiger partial charge in [0.05, 0.1) is 6.04 Å². The van der Waals surface area contributed by atoms with Gasteiger partial charge in [0.15, 0.2) is 0 Å². The smallest absolute Gasteiger partial charge is 0.0686 e. The highest BCUT2D eigenvalue weighted by Gasteiger charge is 2.10. The van der Waals surface area contributed by atoms with Crippen LogP contribution in [0.25, 0.3) is 0 Å². The van der Waals surface area contributed by atoms with E-state index in [4.69, 9.17) is 12.2 Å². The van der Waals surface area contributed by atoms with Crippen LogP contribution in [0.3, 0.4) is 0 Å². The van der Waals surface area contributed by atoms with Gasteiger partial charge in [-0.1, -0.05) is 36.3 Å². The Morgan fingerprint density at radius 1 is 1.40 bits per heavy atom. The predicted octanol–water partition coefficient (Wildman–Crippen LogP) is 1.47.